The second-order valence-electron chi connectivity index (χ2n) is 6.92. The molecule has 0 radical (unpaired) electrons. The largest absolute Gasteiger partial charge is 0.444 e. The van der Waals surface area contributed by atoms with Crippen molar-refractivity contribution in [1.29, 1.82) is 0 Å². The van der Waals surface area contributed by atoms with Crippen LogP contribution in [0.2, 0.25) is 0 Å². The number of halogens is 1. The fourth-order valence-electron chi connectivity index (χ4n) is 2.77. The zero-order valence-electron chi connectivity index (χ0n) is 15.3. The number of benzene rings is 1. The lowest BCUT2D eigenvalue weighted by Gasteiger charge is -2.28. The Morgan fingerprint density at radius 2 is 2.26 bits per heavy atom. The number of carbonyl (C=O) groups excluding carboxylic acids is 1. The monoisotopic (exact) mass is 436 g/mol. The van der Waals surface area contributed by atoms with Crippen LogP contribution in [0.25, 0.3) is 11.0 Å². The van der Waals surface area contributed by atoms with E-state index in [1.807, 2.05) is 26.2 Å². The van der Waals surface area contributed by atoms with Gasteiger partial charge in [-0.05, 0) is 28.1 Å². The number of primary amides is 1. The first-order chi connectivity index (χ1) is 12.8. The minimum absolute atomic E-state index is 0.260. The molecule has 0 atom stereocenters. The Hall–Kier alpha value is -2.46. The number of amides is 1. The number of carbonyl (C=O) groups is 1. The van der Waals surface area contributed by atoms with Crippen LogP contribution in [0, 0.1) is 0 Å². The van der Waals surface area contributed by atoms with Crippen molar-refractivity contribution in [3.05, 3.63) is 28.5 Å². The van der Waals surface area contributed by atoms with E-state index >= 15 is 0 Å². The number of guanidine groups is 1. The number of aromatic nitrogens is 2. The van der Waals surface area contributed by atoms with Gasteiger partial charge in [-0.15, -0.1) is 0 Å². The van der Waals surface area contributed by atoms with Gasteiger partial charge < -0.3 is 25.6 Å². The van der Waals surface area contributed by atoms with Crippen LogP contribution in [0.3, 0.4) is 0 Å². The third-order valence-electron chi connectivity index (χ3n) is 4.16. The molecule has 1 amide bonds. The van der Waals surface area contributed by atoms with E-state index in [0.29, 0.717) is 17.6 Å². The molecule has 0 spiro atoms. The lowest BCUT2D eigenvalue weighted by Crippen LogP contribution is -2.42. The van der Waals surface area contributed by atoms with Gasteiger partial charge in [-0.2, -0.15) is 0 Å². The first-order valence-corrected chi connectivity index (χ1v) is 9.37. The summed E-state index contributed by atoms with van der Waals surface area (Å²) in [4.78, 5) is 24.4. The maximum Gasteiger partial charge on any atom is 0.404 e. The topological polar surface area (TPSA) is 115 Å². The lowest BCUT2D eigenvalue weighted by molar-refractivity contribution is -0.904. The summed E-state index contributed by atoms with van der Waals surface area (Å²) in [6, 6.07) is 3.87. The van der Waals surface area contributed by atoms with Crippen LogP contribution in [0.5, 0.6) is 0 Å². The average Bonchev–Trinajstić information content (AvgIpc) is 3.10. The number of nitrogens with zero attached hydrogens (tertiary/aromatic N) is 4. The predicted molar refractivity (Wildman–Crippen MR) is 107 cm³/mol. The summed E-state index contributed by atoms with van der Waals surface area (Å²) in [5.74, 6) is 0.756. The molecular weight excluding hydrogens is 414 g/mol. The molecule has 1 aromatic heterocycles. The first kappa shape index (κ1) is 19.3. The van der Waals surface area contributed by atoms with Crippen LogP contribution in [0.1, 0.15) is 5.69 Å². The second kappa shape index (κ2) is 8.05. The van der Waals surface area contributed by atoms with Crippen molar-refractivity contribution in [1.82, 2.24) is 15.3 Å². The van der Waals surface area contributed by atoms with E-state index < -0.39 is 6.09 Å². The Labute approximate surface area is 165 Å². The highest BCUT2D eigenvalue weighted by Crippen LogP contribution is 2.29. The number of ether oxygens (including phenoxy) is 1. The van der Waals surface area contributed by atoms with Crippen molar-refractivity contribution in [3.8, 4) is 0 Å². The molecule has 2 heterocycles. The van der Waals surface area contributed by atoms with Crippen molar-refractivity contribution < 1.29 is 14.0 Å². The Kier molecular flexibility index (Phi) is 5.76. The smallest absolute Gasteiger partial charge is 0.404 e. The number of hydrogen-bond donors (Lipinski definition) is 3. The van der Waals surface area contributed by atoms with E-state index in [-0.39, 0.29) is 6.61 Å². The lowest BCUT2D eigenvalue weighted by atomic mass is 10.2. The van der Waals surface area contributed by atoms with Gasteiger partial charge in [-0.25, -0.2) is 9.78 Å². The van der Waals surface area contributed by atoms with Gasteiger partial charge in [-0.1, -0.05) is 0 Å². The maximum atomic E-state index is 10.7. The zero-order chi connectivity index (χ0) is 19.4. The molecule has 1 aromatic carbocycles. The third-order valence-corrected chi connectivity index (χ3v) is 4.96. The Balaban J connectivity index is 1.78. The van der Waals surface area contributed by atoms with Crippen LogP contribution < -0.4 is 16.4 Å². The zero-order valence-corrected chi connectivity index (χ0v) is 16.9. The van der Waals surface area contributed by atoms with Gasteiger partial charge in [0.25, 0.3) is 0 Å². The number of nitrogens with one attached hydrogen (secondary N) is 2. The number of nitrogens with two attached hydrogens (primary N) is 1. The number of fused-ring (bicyclic) bond motifs is 1. The molecule has 2 aromatic rings. The Bertz CT molecular complexity index is 885. The fraction of sp³-hybridized carbons (Fsp3) is 0.412. The number of quaternary nitrogens is 1. The van der Waals surface area contributed by atoms with Crippen LogP contribution >= 0.6 is 15.9 Å². The van der Waals surface area contributed by atoms with Gasteiger partial charge in [0.15, 0.2) is 5.96 Å². The predicted octanol–water partition coefficient (Wildman–Crippen LogP) is 1.44. The molecule has 0 saturated heterocycles. The molecule has 1 aliphatic rings. The first-order valence-electron chi connectivity index (χ1n) is 8.58. The van der Waals surface area contributed by atoms with Crippen LogP contribution in [-0.2, 0) is 11.3 Å². The summed E-state index contributed by atoms with van der Waals surface area (Å²) >= 11 is 3.64. The molecule has 27 heavy (non-hydrogen) atoms. The molecule has 4 N–H and O–H groups in total. The highest BCUT2D eigenvalue weighted by atomic mass is 79.9. The molecule has 144 valence electrons. The summed E-state index contributed by atoms with van der Waals surface area (Å²) < 4.78 is 6.27. The van der Waals surface area contributed by atoms with E-state index in [1.165, 1.54) is 0 Å². The molecule has 9 nitrogen and oxygen atoms in total. The molecule has 0 saturated carbocycles. The minimum atomic E-state index is -0.759. The van der Waals surface area contributed by atoms with Gasteiger partial charge in [0, 0.05) is 6.54 Å². The third kappa shape index (κ3) is 5.04. The van der Waals surface area contributed by atoms with E-state index in [1.54, 1.807) is 6.20 Å². The number of hydrogen-bond acceptors (Lipinski definition) is 7. The number of anilines is 1. The van der Waals surface area contributed by atoms with Gasteiger partial charge in [0.05, 0.1) is 42.5 Å². The van der Waals surface area contributed by atoms with Crippen LogP contribution in [0.4, 0.5) is 10.5 Å². The summed E-state index contributed by atoms with van der Waals surface area (Å²) in [6.07, 6.45) is 1.02. The molecule has 0 aliphatic carbocycles. The number of likely N-dealkylation sites (N-methyl/N-ethyl adjacent to an activating group) is 1. The summed E-state index contributed by atoms with van der Waals surface area (Å²) in [7, 11) is 4.07. The average molecular weight is 437 g/mol. The van der Waals surface area contributed by atoms with Crippen molar-refractivity contribution >= 4 is 44.7 Å². The summed E-state index contributed by atoms with van der Waals surface area (Å²) in [5.41, 5.74) is 8.33. The number of rotatable bonds is 6. The minimum Gasteiger partial charge on any atom is -0.444 e. The van der Waals surface area contributed by atoms with Crippen molar-refractivity contribution in [2.24, 2.45) is 10.7 Å². The maximum absolute atomic E-state index is 10.7. The fourth-order valence-corrected chi connectivity index (χ4v) is 3.30. The molecule has 0 fully saturated rings. The van der Waals surface area contributed by atoms with Gasteiger partial charge in [0.2, 0.25) is 0 Å². The van der Waals surface area contributed by atoms with Crippen LogP contribution in [0.15, 0.2) is 27.8 Å². The summed E-state index contributed by atoms with van der Waals surface area (Å²) in [6.45, 7) is 3.13. The normalized spacial score (nSPS) is 14.0. The van der Waals surface area contributed by atoms with E-state index in [0.717, 1.165) is 45.9 Å². The highest BCUT2D eigenvalue weighted by Gasteiger charge is 2.19. The standard InChI is InChI=1S/C17H22BrN7O2/c1-25(2,7-8-27-16(19)26)10-11-9-22-13-4-3-12(14(18)15(13)23-11)24-17-20-5-6-21-17/h3-4,9H,5-8,10H2,1-2H3,(H3-,19,20,21,23,24,26)/p+1. The quantitative estimate of drug-likeness (QED) is 0.590. The Morgan fingerprint density at radius 1 is 1.44 bits per heavy atom. The van der Waals surface area contributed by atoms with Crippen molar-refractivity contribution in [3.63, 3.8) is 0 Å². The Morgan fingerprint density at radius 3 is 2.96 bits per heavy atom. The van der Waals surface area contributed by atoms with E-state index in [2.05, 4.69) is 36.5 Å². The van der Waals surface area contributed by atoms with E-state index in [4.69, 9.17) is 15.5 Å². The van der Waals surface area contributed by atoms with Gasteiger partial charge in [-0.3, -0.25) is 9.98 Å². The van der Waals surface area contributed by atoms with Crippen LogP contribution in [-0.4, -0.2) is 66.8 Å². The second-order valence-corrected chi connectivity index (χ2v) is 7.72. The molecular formula is C17H23BrN7O2+. The molecule has 3 rings (SSSR count). The molecule has 10 heteroatoms. The SMILES string of the molecule is C[N+](C)(CCOC(N)=O)Cc1cnc2ccc(NC3=NCCN3)c(Br)c2n1. The van der Waals surface area contributed by atoms with Crippen molar-refractivity contribution in [2.75, 3.05) is 45.7 Å². The highest BCUT2D eigenvalue weighted by molar-refractivity contribution is 9.10. The molecule has 0 unspecified atom stereocenters. The molecule has 0 bridgehead atoms. The van der Waals surface area contributed by atoms with Gasteiger partial charge in [0.1, 0.15) is 30.9 Å². The van der Waals surface area contributed by atoms with E-state index in [9.17, 15) is 4.79 Å². The van der Waals surface area contributed by atoms with Crippen molar-refractivity contribution in [2.45, 2.75) is 6.54 Å². The van der Waals surface area contributed by atoms with Gasteiger partial charge >= 0.3 is 6.09 Å². The number of aliphatic imine (C=N–C) groups is 1. The molecule has 1 aliphatic heterocycles. The summed E-state index contributed by atoms with van der Waals surface area (Å²) in [5, 5.41) is 6.45.